The predicted molar refractivity (Wildman–Crippen MR) is 76.8 cm³/mol. The van der Waals surface area contributed by atoms with E-state index in [1.54, 1.807) is 18.2 Å². The van der Waals surface area contributed by atoms with Crippen LogP contribution in [0.2, 0.25) is 0 Å². The van der Waals surface area contributed by atoms with E-state index in [4.69, 9.17) is 9.52 Å². The average molecular weight is 294 g/mol. The molecule has 1 aromatic heterocycles. The van der Waals surface area contributed by atoms with Crippen molar-refractivity contribution in [2.24, 2.45) is 5.92 Å². The summed E-state index contributed by atoms with van der Waals surface area (Å²) in [5, 5.41) is 11.9. The van der Waals surface area contributed by atoms with Crippen LogP contribution in [-0.2, 0) is 11.3 Å². The minimum atomic E-state index is -0.731. The number of nitrogens with one attached hydrogen (secondary N) is 1. The smallest absolute Gasteiger partial charge is 0.317 e. The molecule has 1 fully saturated rings. The molecular weight excluding hydrogens is 272 g/mol. The van der Waals surface area contributed by atoms with Crippen LogP contribution in [0.3, 0.4) is 0 Å². The lowest BCUT2D eigenvalue weighted by Crippen LogP contribution is -2.44. The van der Waals surface area contributed by atoms with Crippen molar-refractivity contribution in [2.75, 3.05) is 7.05 Å². The van der Waals surface area contributed by atoms with Gasteiger partial charge in [-0.1, -0.05) is 0 Å². The maximum atomic E-state index is 12.1. The number of hydrogen-bond donors (Lipinski definition) is 2. The van der Waals surface area contributed by atoms with Gasteiger partial charge in [-0.3, -0.25) is 4.79 Å². The van der Waals surface area contributed by atoms with Crippen molar-refractivity contribution < 1.29 is 19.1 Å². The fourth-order valence-corrected chi connectivity index (χ4v) is 2.62. The number of amides is 2. The molecule has 1 aliphatic carbocycles. The number of rotatable bonds is 4. The Kier molecular flexibility index (Phi) is 4.88. The maximum absolute atomic E-state index is 12.1. The van der Waals surface area contributed by atoms with E-state index in [9.17, 15) is 9.59 Å². The van der Waals surface area contributed by atoms with Crippen molar-refractivity contribution >= 4 is 12.0 Å². The Morgan fingerprint density at radius 2 is 2.05 bits per heavy atom. The summed E-state index contributed by atoms with van der Waals surface area (Å²) in [5.74, 6) is -0.214. The fourth-order valence-electron chi connectivity index (χ4n) is 2.62. The molecule has 0 unspecified atom stereocenters. The third-order valence-electron chi connectivity index (χ3n) is 4.10. The molecule has 0 saturated heterocycles. The molecule has 2 amide bonds. The van der Waals surface area contributed by atoms with Crippen LogP contribution in [0.1, 0.15) is 37.0 Å². The van der Waals surface area contributed by atoms with Crippen molar-refractivity contribution in [3.8, 4) is 0 Å². The first-order valence-corrected chi connectivity index (χ1v) is 7.24. The second kappa shape index (κ2) is 6.65. The highest BCUT2D eigenvalue weighted by molar-refractivity contribution is 5.74. The van der Waals surface area contributed by atoms with E-state index in [2.05, 4.69) is 5.32 Å². The molecule has 0 atom stereocenters. The van der Waals surface area contributed by atoms with Gasteiger partial charge in [0.25, 0.3) is 0 Å². The monoisotopic (exact) mass is 294 g/mol. The van der Waals surface area contributed by atoms with Crippen LogP contribution in [0, 0.1) is 12.8 Å². The molecule has 21 heavy (non-hydrogen) atoms. The van der Waals surface area contributed by atoms with Crippen LogP contribution in [0.15, 0.2) is 16.7 Å². The van der Waals surface area contributed by atoms with Gasteiger partial charge in [-0.05, 0) is 44.2 Å². The predicted octanol–water partition coefficient (Wildman–Crippen LogP) is 2.37. The molecule has 2 N–H and O–H groups in total. The fraction of sp³-hybridized carbons (Fsp3) is 0.600. The normalized spacial score (nSPS) is 21.8. The zero-order chi connectivity index (χ0) is 15.4. The van der Waals surface area contributed by atoms with Crippen molar-refractivity contribution in [2.45, 2.75) is 45.2 Å². The standard InChI is InChI=1S/C15H22N2O4/c1-10-7-8-21-13(10)9-17(2)15(20)16-12-5-3-11(4-6-12)14(18)19/h7-8,11-12H,3-6,9H2,1-2H3,(H,16,20)(H,18,19). The minimum Gasteiger partial charge on any atom is -0.481 e. The lowest BCUT2D eigenvalue weighted by Gasteiger charge is -2.28. The highest BCUT2D eigenvalue weighted by Gasteiger charge is 2.27. The molecule has 6 nitrogen and oxygen atoms in total. The Bertz CT molecular complexity index is 504. The van der Waals surface area contributed by atoms with Gasteiger partial charge in [0.2, 0.25) is 0 Å². The number of carboxylic acids is 1. The maximum Gasteiger partial charge on any atom is 0.317 e. The third-order valence-corrected chi connectivity index (χ3v) is 4.10. The molecule has 0 radical (unpaired) electrons. The van der Waals surface area contributed by atoms with E-state index >= 15 is 0 Å². The van der Waals surface area contributed by atoms with Crippen molar-refractivity contribution in [1.29, 1.82) is 0 Å². The van der Waals surface area contributed by atoms with Crippen LogP contribution in [0.25, 0.3) is 0 Å². The Balaban J connectivity index is 1.79. The third kappa shape index (κ3) is 4.00. The summed E-state index contributed by atoms with van der Waals surface area (Å²) in [6.45, 7) is 2.37. The Hall–Kier alpha value is -1.98. The van der Waals surface area contributed by atoms with Crippen LogP contribution in [0.5, 0.6) is 0 Å². The lowest BCUT2D eigenvalue weighted by molar-refractivity contribution is -0.142. The number of hydrogen-bond acceptors (Lipinski definition) is 3. The molecule has 0 bridgehead atoms. The van der Waals surface area contributed by atoms with Crippen LogP contribution in [-0.4, -0.2) is 35.1 Å². The van der Waals surface area contributed by atoms with E-state index in [-0.39, 0.29) is 18.0 Å². The van der Waals surface area contributed by atoms with Gasteiger partial charge in [-0.25, -0.2) is 4.79 Å². The van der Waals surface area contributed by atoms with E-state index in [0.29, 0.717) is 19.4 Å². The topological polar surface area (TPSA) is 82.8 Å². The number of carboxylic acid groups (broad SMARTS) is 1. The van der Waals surface area contributed by atoms with Gasteiger partial charge in [0.05, 0.1) is 18.7 Å². The lowest BCUT2D eigenvalue weighted by atomic mass is 9.86. The molecule has 6 heteroatoms. The second-order valence-electron chi connectivity index (χ2n) is 5.72. The Labute approximate surface area is 124 Å². The molecule has 1 saturated carbocycles. The van der Waals surface area contributed by atoms with Gasteiger partial charge in [-0.2, -0.15) is 0 Å². The van der Waals surface area contributed by atoms with E-state index in [1.807, 2.05) is 13.0 Å². The van der Waals surface area contributed by atoms with Crippen LogP contribution in [0.4, 0.5) is 4.79 Å². The van der Waals surface area contributed by atoms with Crippen molar-refractivity contribution in [3.63, 3.8) is 0 Å². The minimum absolute atomic E-state index is 0.0632. The van der Waals surface area contributed by atoms with Gasteiger partial charge in [-0.15, -0.1) is 0 Å². The van der Waals surface area contributed by atoms with E-state index < -0.39 is 5.97 Å². The Morgan fingerprint density at radius 1 is 1.38 bits per heavy atom. The number of nitrogens with zero attached hydrogens (tertiary/aromatic N) is 1. The number of carbonyl (C=O) groups excluding carboxylic acids is 1. The molecule has 1 aromatic rings. The van der Waals surface area contributed by atoms with Gasteiger partial charge in [0.1, 0.15) is 5.76 Å². The van der Waals surface area contributed by atoms with Crippen molar-refractivity contribution in [3.05, 3.63) is 23.7 Å². The summed E-state index contributed by atoms with van der Waals surface area (Å²) in [5.41, 5.74) is 1.02. The highest BCUT2D eigenvalue weighted by Crippen LogP contribution is 2.24. The summed E-state index contributed by atoms with van der Waals surface area (Å²) < 4.78 is 5.33. The molecule has 0 aromatic carbocycles. The van der Waals surface area contributed by atoms with Crippen LogP contribution < -0.4 is 5.32 Å². The first kappa shape index (κ1) is 15.4. The first-order chi connectivity index (χ1) is 9.97. The molecule has 2 rings (SSSR count). The molecule has 0 aliphatic heterocycles. The SMILES string of the molecule is Cc1ccoc1CN(C)C(=O)NC1CCC(C(=O)O)CC1. The van der Waals surface area contributed by atoms with Gasteiger partial charge in [0.15, 0.2) is 0 Å². The number of aliphatic carboxylic acids is 1. The number of urea groups is 1. The summed E-state index contributed by atoms with van der Waals surface area (Å²) in [4.78, 5) is 24.6. The summed E-state index contributed by atoms with van der Waals surface area (Å²) in [7, 11) is 1.72. The number of furan rings is 1. The molecule has 116 valence electrons. The van der Waals surface area contributed by atoms with Gasteiger partial charge >= 0.3 is 12.0 Å². The van der Waals surface area contributed by atoms with Crippen molar-refractivity contribution in [1.82, 2.24) is 10.2 Å². The zero-order valence-corrected chi connectivity index (χ0v) is 12.5. The van der Waals surface area contributed by atoms with Crippen LogP contribution >= 0.6 is 0 Å². The van der Waals surface area contributed by atoms with E-state index in [0.717, 1.165) is 24.2 Å². The number of aryl methyl sites for hydroxylation is 1. The quantitative estimate of drug-likeness (QED) is 0.893. The summed E-state index contributed by atoms with van der Waals surface area (Å²) in [6.07, 6.45) is 4.30. The summed E-state index contributed by atoms with van der Waals surface area (Å²) >= 11 is 0. The van der Waals surface area contributed by atoms with Gasteiger partial charge < -0.3 is 19.7 Å². The summed E-state index contributed by atoms with van der Waals surface area (Å²) in [6, 6.07) is 1.78. The highest BCUT2D eigenvalue weighted by atomic mass is 16.4. The number of carbonyl (C=O) groups is 2. The van der Waals surface area contributed by atoms with E-state index in [1.165, 1.54) is 0 Å². The molecular formula is C15H22N2O4. The molecule has 0 spiro atoms. The average Bonchev–Trinajstić information content (AvgIpc) is 2.84. The molecule has 1 heterocycles. The largest absolute Gasteiger partial charge is 0.481 e. The Morgan fingerprint density at radius 3 is 2.57 bits per heavy atom. The second-order valence-corrected chi connectivity index (χ2v) is 5.72. The van der Waals surface area contributed by atoms with Gasteiger partial charge in [0, 0.05) is 13.1 Å². The zero-order valence-electron chi connectivity index (χ0n) is 12.5. The first-order valence-electron chi connectivity index (χ1n) is 7.24. The molecule has 1 aliphatic rings.